The largest absolute Gasteiger partial charge is 0.494 e. The Labute approximate surface area is 182 Å². The second-order valence-corrected chi connectivity index (χ2v) is 7.11. The number of nitro benzene ring substituents is 1. The summed E-state index contributed by atoms with van der Waals surface area (Å²) < 4.78 is 19.0. The number of nitrogens with one attached hydrogen (secondary N) is 1. The number of aromatic nitrogens is 2. The molecule has 3 aromatic rings. The third kappa shape index (κ3) is 4.00. The molecule has 2 aromatic carbocycles. The first kappa shape index (κ1) is 21.0. The summed E-state index contributed by atoms with van der Waals surface area (Å²) >= 11 is 0. The molecule has 0 spiro atoms. The van der Waals surface area contributed by atoms with Crippen molar-refractivity contribution < 1.29 is 18.8 Å². The number of nitrogens with zero attached hydrogens (tertiary/aromatic N) is 5. The lowest BCUT2D eigenvalue weighted by atomic mass is 10.1. The van der Waals surface area contributed by atoms with Gasteiger partial charge in [-0.05, 0) is 5.56 Å². The second kappa shape index (κ2) is 8.46. The smallest absolute Gasteiger partial charge is 0.326 e. The molecule has 4 rings (SSSR count). The van der Waals surface area contributed by atoms with E-state index < -0.39 is 16.4 Å². The Kier molecular flexibility index (Phi) is 5.54. The Bertz CT molecular complexity index is 1190. The van der Waals surface area contributed by atoms with E-state index in [1.54, 1.807) is 18.1 Å². The molecule has 10 nitrogen and oxygen atoms in total. The Morgan fingerprint density at radius 1 is 1.28 bits per heavy atom. The molecule has 2 heterocycles. The first-order valence-corrected chi connectivity index (χ1v) is 9.58. The number of ether oxygens (including phenoxy) is 1. The van der Waals surface area contributed by atoms with E-state index in [0.717, 1.165) is 23.3 Å². The number of carbonyl (C=O) groups is 1. The van der Waals surface area contributed by atoms with E-state index in [1.807, 2.05) is 30.3 Å². The van der Waals surface area contributed by atoms with E-state index in [9.17, 15) is 19.3 Å². The number of methoxy groups -OCH3 is 1. The summed E-state index contributed by atoms with van der Waals surface area (Å²) in [7, 11) is 2.92. The molecule has 0 saturated heterocycles. The third-order valence-corrected chi connectivity index (χ3v) is 5.01. The molecule has 0 fully saturated rings. The van der Waals surface area contributed by atoms with Crippen molar-refractivity contribution in [2.24, 2.45) is 0 Å². The molecule has 0 unspecified atom stereocenters. The van der Waals surface area contributed by atoms with Crippen LogP contribution in [-0.4, -0.2) is 40.0 Å². The van der Waals surface area contributed by atoms with Crippen molar-refractivity contribution in [3.8, 4) is 5.75 Å². The average Bonchev–Trinajstić information content (AvgIpc) is 2.79. The van der Waals surface area contributed by atoms with Crippen LogP contribution in [0.3, 0.4) is 0 Å². The summed E-state index contributed by atoms with van der Waals surface area (Å²) in [5.41, 5.74) is 1.15. The van der Waals surface area contributed by atoms with Crippen LogP contribution in [0.2, 0.25) is 0 Å². The lowest BCUT2D eigenvalue weighted by Crippen LogP contribution is -2.45. The van der Waals surface area contributed by atoms with Crippen molar-refractivity contribution in [3.05, 3.63) is 75.7 Å². The highest BCUT2D eigenvalue weighted by atomic mass is 19.1. The highest BCUT2D eigenvalue weighted by Gasteiger charge is 2.30. The zero-order chi connectivity index (χ0) is 22.8. The van der Waals surface area contributed by atoms with Crippen LogP contribution in [0.25, 0.3) is 0 Å². The van der Waals surface area contributed by atoms with Crippen molar-refractivity contribution >= 4 is 29.2 Å². The Morgan fingerprint density at radius 3 is 2.72 bits per heavy atom. The van der Waals surface area contributed by atoms with Crippen molar-refractivity contribution in [2.75, 3.05) is 24.4 Å². The summed E-state index contributed by atoms with van der Waals surface area (Å²) in [5, 5.41) is 13.9. The summed E-state index contributed by atoms with van der Waals surface area (Å²) in [6.45, 7) is 0.777. The van der Waals surface area contributed by atoms with Gasteiger partial charge in [0.1, 0.15) is 11.6 Å². The van der Waals surface area contributed by atoms with E-state index in [4.69, 9.17) is 4.74 Å². The molecule has 1 N–H and O–H groups in total. The van der Waals surface area contributed by atoms with Gasteiger partial charge in [-0.2, -0.15) is 9.37 Å². The lowest BCUT2D eigenvalue weighted by molar-refractivity contribution is -0.387. The van der Waals surface area contributed by atoms with E-state index >= 15 is 0 Å². The summed E-state index contributed by atoms with van der Waals surface area (Å²) in [5.74, 6) is -0.480. The van der Waals surface area contributed by atoms with Crippen LogP contribution in [0, 0.1) is 15.9 Å². The number of hydrogen-bond acceptors (Lipinski definition) is 7. The SMILES string of the molecule is COc1cc(F)c([N+](=O)[O-])cc1Nc1ncc2c(n1)N(C)C(=O)N(Cc1ccccc1)C2. The van der Waals surface area contributed by atoms with Gasteiger partial charge >= 0.3 is 11.7 Å². The fourth-order valence-electron chi connectivity index (χ4n) is 3.43. The van der Waals surface area contributed by atoms with Gasteiger partial charge < -0.3 is 15.0 Å². The Hall–Kier alpha value is -4.28. The molecule has 32 heavy (non-hydrogen) atoms. The average molecular weight is 438 g/mol. The number of halogens is 1. The second-order valence-electron chi connectivity index (χ2n) is 7.11. The highest BCUT2D eigenvalue weighted by Crippen LogP contribution is 2.34. The normalized spacial score (nSPS) is 13.0. The van der Waals surface area contributed by atoms with E-state index in [-0.39, 0.29) is 23.4 Å². The van der Waals surface area contributed by atoms with Gasteiger partial charge in [0.15, 0.2) is 0 Å². The molecule has 2 amide bonds. The fourth-order valence-corrected chi connectivity index (χ4v) is 3.43. The fraction of sp³-hybridized carbons (Fsp3) is 0.190. The number of nitro groups is 1. The standard InChI is InChI=1S/C21H19FN6O4/c1-26-19-14(12-27(21(26)29)11-13-6-4-3-5-7-13)10-23-20(25-19)24-16-9-17(28(30)31)15(22)8-18(16)32-2/h3-10H,11-12H2,1-2H3,(H,23,24,25). The molecule has 1 aromatic heterocycles. The molecule has 1 aliphatic rings. The van der Waals surface area contributed by atoms with Gasteiger partial charge in [0.25, 0.3) is 0 Å². The van der Waals surface area contributed by atoms with Gasteiger partial charge in [-0.3, -0.25) is 15.0 Å². The Balaban J connectivity index is 1.61. The number of carbonyl (C=O) groups excluding carboxylic acids is 1. The number of rotatable bonds is 6. The molecule has 0 radical (unpaired) electrons. The van der Waals surface area contributed by atoms with Gasteiger partial charge in [-0.25, -0.2) is 9.78 Å². The van der Waals surface area contributed by atoms with Gasteiger partial charge in [0, 0.05) is 37.5 Å². The predicted molar refractivity (Wildman–Crippen MR) is 114 cm³/mol. The van der Waals surface area contributed by atoms with Crippen LogP contribution in [-0.2, 0) is 13.1 Å². The summed E-state index contributed by atoms with van der Waals surface area (Å²) in [6.07, 6.45) is 1.58. The van der Waals surface area contributed by atoms with Crippen molar-refractivity contribution in [2.45, 2.75) is 13.1 Å². The van der Waals surface area contributed by atoms with E-state index in [2.05, 4.69) is 15.3 Å². The van der Waals surface area contributed by atoms with Crippen molar-refractivity contribution in [3.63, 3.8) is 0 Å². The summed E-state index contributed by atoms with van der Waals surface area (Å²) in [4.78, 5) is 34.8. The third-order valence-electron chi connectivity index (χ3n) is 5.01. The number of benzene rings is 2. The Morgan fingerprint density at radius 2 is 2.03 bits per heavy atom. The molecule has 1 aliphatic heterocycles. The van der Waals surface area contributed by atoms with Crippen LogP contribution in [0.4, 0.5) is 32.3 Å². The molecule has 164 valence electrons. The maximum atomic E-state index is 13.9. The van der Waals surface area contributed by atoms with Crippen LogP contribution in [0.15, 0.2) is 48.7 Å². The molecular formula is C21H19FN6O4. The topological polar surface area (TPSA) is 114 Å². The van der Waals surface area contributed by atoms with Crippen LogP contribution < -0.4 is 15.0 Å². The number of amides is 2. The maximum absolute atomic E-state index is 13.9. The van der Waals surface area contributed by atoms with Crippen LogP contribution in [0.1, 0.15) is 11.1 Å². The quantitative estimate of drug-likeness (QED) is 0.459. The molecule has 0 aliphatic carbocycles. The minimum Gasteiger partial charge on any atom is -0.494 e. The van der Waals surface area contributed by atoms with E-state index in [1.165, 1.54) is 12.0 Å². The van der Waals surface area contributed by atoms with Crippen molar-refractivity contribution in [1.29, 1.82) is 0 Å². The minimum atomic E-state index is -1.02. The molecule has 0 bridgehead atoms. The van der Waals surface area contributed by atoms with Gasteiger partial charge in [0.05, 0.1) is 24.3 Å². The lowest BCUT2D eigenvalue weighted by Gasteiger charge is -2.34. The molecule has 11 heteroatoms. The van der Waals surface area contributed by atoms with Gasteiger partial charge in [-0.15, -0.1) is 0 Å². The monoisotopic (exact) mass is 438 g/mol. The zero-order valence-corrected chi connectivity index (χ0v) is 17.3. The predicted octanol–water partition coefficient (Wildman–Crippen LogP) is 3.85. The van der Waals surface area contributed by atoms with Crippen molar-refractivity contribution in [1.82, 2.24) is 14.9 Å². The van der Waals surface area contributed by atoms with Gasteiger partial charge in [0.2, 0.25) is 11.8 Å². The number of fused-ring (bicyclic) bond motifs is 1. The number of hydrogen-bond donors (Lipinski definition) is 1. The number of urea groups is 1. The number of anilines is 3. The molecule has 0 saturated carbocycles. The first-order valence-electron chi connectivity index (χ1n) is 9.58. The zero-order valence-electron chi connectivity index (χ0n) is 17.3. The highest BCUT2D eigenvalue weighted by molar-refractivity contribution is 5.93. The molecular weight excluding hydrogens is 419 g/mol. The first-order chi connectivity index (χ1) is 15.4. The molecule has 0 atom stereocenters. The van der Waals surface area contributed by atoms with Crippen LogP contribution >= 0.6 is 0 Å². The van der Waals surface area contributed by atoms with E-state index in [0.29, 0.717) is 18.9 Å². The maximum Gasteiger partial charge on any atom is 0.326 e. The summed E-state index contributed by atoms with van der Waals surface area (Å²) in [6, 6.07) is 11.3. The van der Waals surface area contributed by atoms with Gasteiger partial charge in [-0.1, -0.05) is 30.3 Å². The minimum absolute atomic E-state index is 0.0490. The van der Waals surface area contributed by atoms with Crippen LogP contribution in [0.5, 0.6) is 5.75 Å².